The van der Waals surface area contributed by atoms with Crippen LogP contribution in [-0.4, -0.2) is 36.7 Å². The van der Waals surface area contributed by atoms with Crippen molar-refractivity contribution in [1.82, 2.24) is 20.2 Å². The average molecular weight is 276 g/mol. The minimum Gasteiger partial charge on any atom is -0.392 e. The summed E-state index contributed by atoms with van der Waals surface area (Å²) in [4.78, 5) is 0. The van der Waals surface area contributed by atoms with Gasteiger partial charge in [0, 0.05) is 5.25 Å². The highest BCUT2D eigenvalue weighted by Gasteiger charge is 2.26. The van der Waals surface area contributed by atoms with Crippen LogP contribution >= 0.6 is 11.8 Å². The number of hydrogen-bond acceptors (Lipinski definition) is 5. The van der Waals surface area contributed by atoms with Gasteiger partial charge < -0.3 is 5.11 Å². The number of rotatable bonds is 3. The number of benzene rings is 1. The molecule has 0 bridgehead atoms. The second-order valence-electron chi connectivity index (χ2n) is 4.72. The Hall–Kier alpha value is -1.40. The van der Waals surface area contributed by atoms with Crippen molar-refractivity contribution in [2.24, 2.45) is 0 Å². The van der Waals surface area contributed by atoms with Crippen LogP contribution in [-0.2, 0) is 0 Å². The van der Waals surface area contributed by atoms with Crippen LogP contribution in [0.5, 0.6) is 0 Å². The highest BCUT2D eigenvalue weighted by molar-refractivity contribution is 7.99. The fourth-order valence-electron chi connectivity index (χ4n) is 2.33. The molecule has 5 nitrogen and oxygen atoms in total. The van der Waals surface area contributed by atoms with Gasteiger partial charge in [0.1, 0.15) is 0 Å². The number of thioether (sulfide) groups is 1. The van der Waals surface area contributed by atoms with Crippen LogP contribution in [0.4, 0.5) is 0 Å². The van der Waals surface area contributed by atoms with Crippen LogP contribution < -0.4 is 0 Å². The van der Waals surface area contributed by atoms with E-state index < -0.39 is 0 Å². The van der Waals surface area contributed by atoms with Crippen LogP contribution in [0.3, 0.4) is 0 Å². The molecular formula is C13H16N4OS. The van der Waals surface area contributed by atoms with Crippen LogP contribution in [0.1, 0.15) is 25.7 Å². The Labute approximate surface area is 116 Å². The molecule has 1 aromatic heterocycles. The Balaban J connectivity index is 1.81. The van der Waals surface area contributed by atoms with Crippen molar-refractivity contribution in [3.05, 3.63) is 30.3 Å². The number of tetrazole rings is 1. The lowest BCUT2D eigenvalue weighted by Gasteiger charge is -2.26. The molecule has 1 heterocycles. The van der Waals surface area contributed by atoms with Crippen LogP contribution in [0.25, 0.3) is 5.69 Å². The summed E-state index contributed by atoms with van der Waals surface area (Å²) < 4.78 is 1.73. The second kappa shape index (κ2) is 5.71. The molecule has 1 N–H and O–H groups in total. The number of aliphatic hydroxyl groups excluding tert-OH is 1. The molecule has 100 valence electrons. The van der Waals surface area contributed by atoms with Gasteiger partial charge in [0.15, 0.2) is 0 Å². The molecule has 0 spiro atoms. The summed E-state index contributed by atoms with van der Waals surface area (Å²) in [6, 6.07) is 9.82. The Morgan fingerprint density at radius 2 is 1.95 bits per heavy atom. The first-order valence-electron chi connectivity index (χ1n) is 6.53. The normalized spacial score (nSPS) is 23.4. The van der Waals surface area contributed by atoms with Gasteiger partial charge in [0.05, 0.1) is 11.8 Å². The molecule has 1 saturated carbocycles. The van der Waals surface area contributed by atoms with Gasteiger partial charge in [-0.1, -0.05) is 42.8 Å². The number of nitrogens with zero attached hydrogens (tertiary/aromatic N) is 4. The fraction of sp³-hybridized carbons (Fsp3) is 0.462. The monoisotopic (exact) mass is 276 g/mol. The highest BCUT2D eigenvalue weighted by Crippen LogP contribution is 2.33. The maximum atomic E-state index is 10.0. The molecule has 6 heteroatoms. The zero-order chi connectivity index (χ0) is 13.1. The second-order valence-corrected chi connectivity index (χ2v) is 5.92. The minimum absolute atomic E-state index is 0.196. The molecular weight excluding hydrogens is 260 g/mol. The SMILES string of the molecule is OC1CCCCC1Sc1nnnn1-c1ccccc1. The highest BCUT2D eigenvalue weighted by atomic mass is 32.2. The molecule has 2 unspecified atom stereocenters. The van der Waals surface area contributed by atoms with Gasteiger partial charge in [-0.05, 0) is 35.4 Å². The van der Waals surface area contributed by atoms with E-state index in [-0.39, 0.29) is 11.4 Å². The first-order valence-corrected chi connectivity index (χ1v) is 7.41. The molecule has 0 amide bonds. The molecule has 1 fully saturated rings. The molecule has 2 atom stereocenters. The standard InChI is InChI=1S/C13H16N4OS/c18-11-8-4-5-9-12(11)19-13-14-15-16-17(13)10-6-2-1-3-7-10/h1-3,6-7,11-12,18H,4-5,8-9H2. The lowest BCUT2D eigenvalue weighted by molar-refractivity contribution is 0.137. The molecule has 19 heavy (non-hydrogen) atoms. The van der Waals surface area contributed by atoms with Crippen LogP contribution in [0.15, 0.2) is 35.5 Å². The third-order valence-corrected chi connectivity index (χ3v) is 4.68. The summed E-state index contributed by atoms with van der Waals surface area (Å²) in [6.45, 7) is 0. The Morgan fingerprint density at radius 3 is 2.74 bits per heavy atom. The number of aromatic nitrogens is 4. The molecule has 3 rings (SSSR count). The molecule has 0 saturated heterocycles. The molecule has 1 aliphatic rings. The van der Waals surface area contributed by atoms with E-state index in [0.29, 0.717) is 0 Å². The predicted molar refractivity (Wildman–Crippen MR) is 73.3 cm³/mol. The van der Waals surface area contributed by atoms with Crippen molar-refractivity contribution in [3.8, 4) is 5.69 Å². The van der Waals surface area contributed by atoms with Crippen LogP contribution in [0.2, 0.25) is 0 Å². The summed E-state index contributed by atoms with van der Waals surface area (Å²) in [5.74, 6) is 0. The number of para-hydroxylation sites is 1. The summed E-state index contributed by atoms with van der Waals surface area (Å²) >= 11 is 1.58. The fourth-order valence-corrected chi connectivity index (χ4v) is 3.51. The maximum absolute atomic E-state index is 10.0. The van der Waals surface area contributed by atoms with E-state index in [1.54, 1.807) is 16.4 Å². The first kappa shape index (κ1) is 12.6. The van der Waals surface area contributed by atoms with Gasteiger partial charge in [-0.15, -0.1) is 5.10 Å². The third-order valence-electron chi connectivity index (χ3n) is 3.37. The summed E-state index contributed by atoms with van der Waals surface area (Å²) in [6.07, 6.45) is 3.93. The molecule has 0 radical (unpaired) electrons. The molecule has 1 aliphatic carbocycles. The third kappa shape index (κ3) is 2.79. The van der Waals surface area contributed by atoms with Crippen molar-refractivity contribution in [2.45, 2.75) is 42.2 Å². The van der Waals surface area contributed by atoms with E-state index in [1.807, 2.05) is 30.3 Å². The molecule has 1 aromatic carbocycles. The largest absolute Gasteiger partial charge is 0.392 e. The van der Waals surface area contributed by atoms with Crippen LogP contribution in [0, 0.1) is 0 Å². The zero-order valence-corrected chi connectivity index (χ0v) is 11.3. The van der Waals surface area contributed by atoms with Gasteiger partial charge in [-0.2, -0.15) is 4.68 Å². The van der Waals surface area contributed by atoms with Crippen molar-refractivity contribution < 1.29 is 5.11 Å². The van der Waals surface area contributed by atoms with E-state index in [2.05, 4.69) is 15.5 Å². The summed E-state index contributed by atoms with van der Waals surface area (Å²) in [5.41, 5.74) is 0.945. The lowest BCUT2D eigenvalue weighted by atomic mass is 9.97. The maximum Gasteiger partial charge on any atom is 0.214 e. The van der Waals surface area contributed by atoms with Gasteiger partial charge in [0.25, 0.3) is 0 Å². The van der Waals surface area contributed by atoms with Crippen molar-refractivity contribution >= 4 is 11.8 Å². The summed E-state index contributed by atoms with van der Waals surface area (Å²) in [5, 5.41) is 22.8. The lowest BCUT2D eigenvalue weighted by Crippen LogP contribution is -2.27. The van der Waals surface area contributed by atoms with Gasteiger partial charge >= 0.3 is 0 Å². The summed E-state index contributed by atoms with van der Waals surface area (Å²) in [7, 11) is 0. The van der Waals surface area contributed by atoms with E-state index in [1.165, 1.54) is 6.42 Å². The van der Waals surface area contributed by atoms with Crippen molar-refractivity contribution in [3.63, 3.8) is 0 Å². The van der Waals surface area contributed by atoms with Crippen molar-refractivity contribution in [2.75, 3.05) is 0 Å². The number of hydrogen-bond donors (Lipinski definition) is 1. The molecule has 2 aromatic rings. The molecule has 0 aliphatic heterocycles. The van der Waals surface area contributed by atoms with E-state index in [9.17, 15) is 5.11 Å². The van der Waals surface area contributed by atoms with E-state index in [0.717, 1.165) is 30.1 Å². The van der Waals surface area contributed by atoms with Crippen molar-refractivity contribution in [1.29, 1.82) is 0 Å². The van der Waals surface area contributed by atoms with E-state index >= 15 is 0 Å². The van der Waals surface area contributed by atoms with Gasteiger partial charge in [-0.25, -0.2) is 0 Å². The Bertz CT molecular complexity index is 530. The smallest absolute Gasteiger partial charge is 0.214 e. The average Bonchev–Trinajstić information content (AvgIpc) is 2.91. The first-order chi connectivity index (χ1) is 9.34. The minimum atomic E-state index is -0.250. The zero-order valence-electron chi connectivity index (χ0n) is 10.5. The van der Waals surface area contributed by atoms with Gasteiger partial charge in [-0.3, -0.25) is 0 Å². The van der Waals surface area contributed by atoms with E-state index in [4.69, 9.17) is 0 Å². The Morgan fingerprint density at radius 1 is 1.16 bits per heavy atom. The quantitative estimate of drug-likeness (QED) is 0.929. The predicted octanol–water partition coefficient (Wildman–Crippen LogP) is 2.06. The van der Waals surface area contributed by atoms with Gasteiger partial charge in [0.2, 0.25) is 5.16 Å². The number of aliphatic hydroxyl groups is 1. The topological polar surface area (TPSA) is 63.8 Å². The Kier molecular flexibility index (Phi) is 3.79.